The predicted molar refractivity (Wildman–Crippen MR) is 87.8 cm³/mol. The Morgan fingerprint density at radius 1 is 1.17 bits per heavy atom. The minimum Gasteiger partial charge on any atom is -0.435 e. The maximum absolute atomic E-state index is 12.1. The summed E-state index contributed by atoms with van der Waals surface area (Å²) < 4.78 is 28.4. The first kappa shape index (κ1) is 17.6. The van der Waals surface area contributed by atoms with Crippen molar-refractivity contribution < 1.29 is 23.4 Å². The van der Waals surface area contributed by atoms with Crippen LogP contribution in [0.1, 0.15) is 24.2 Å². The molecule has 24 heavy (non-hydrogen) atoms. The lowest BCUT2D eigenvalue weighted by molar-refractivity contribution is -0.111. The lowest BCUT2D eigenvalue weighted by Crippen LogP contribution is -2.10. The summed E-state index contributed by atoms with van der Waals surface area (Å²) in [6, 6.07) is 12.9. The molecule has 2 N–H and O–H groups in total. The molecule has 1 unspecified atom stereocenters. The summed E-state index contributed by atoms with van der Waals surface area (Å²) in [5, 5.41) is 12.4. The van der Waals surface area contributed by atoms with Gasteiger partial charge in [0.25, 0.3) is 0 Å². The Hall–Kier alpha value is -2.73. The van der Waals surface area contributed by atoms with Crippen LogP contribution in [0.25, 0.3) is 6.08 Å². The molecular formula is C18H17F2NO3. The molecule has 0 aliphatic heterocycles. The Morgan fingerprint density at radius 2 is 1.83 bits per heavy atom. The SMILES string of the molecule is CC(O)c1ccccc1NC(=O)/C=C/c1ccc(OC(F)F)cc1. The van der Waals surface area contributed by atoms with Crippen LogP contribution in [0.3, 0.4) is 0 Å². The Kier molecular flexibility index (Phi) is 6.03. The Labute approximate surface area is 138 Å². The molecule has 0 saturated heterocycles. The quantitative estimate of drug-likeness (QED) is 0.786. The van der Waals surface area contributed by atoms with E-state index in [2.05, 4.69) is 10.1 Å². The van der Waals surface area contributed by atoms with Crippen LogP contribution in [0.4, 0.5) is 14.5 Å². The van der Waals surface area contributed by atoms with Gasteiger partial charge in [0.1, 0.15) is 5.75 Å². The van der Waals surface area contributed by atoms with Crippen molar-refractivity contribution >= 4 is 17.7 Å². The number of halogens is 2. The summed E-state index contributed by atoms with van der Waals surface area (Å²) in [6.45, 7) is -1.25. The molecule has 2 aromatic carbocycles. The van der Waals surface area contributed by atoms with Crippen LogP contribution in [0.5, 0.6) is 5.75 Å². The number of hydrogen-bond donors (Lipinski definition) is 2. The zero-order valence-corrected chi connectivity index (χ0v) is 12.9. The summed E-state index contributed by atoms with van der Waals surface area (Å²) in [6.07, 6.45) is 2.17. The first-order valence-electron chi connectivity index (χ1n) is 7.26. The van der Waals surface area contributed by atoms with Gasteiger partial charge >= 0.3 is 6.61 Å². The van der Waals surface area contributed by atoms with E-state index in [-0.39, 0.29) is 11.7 Å². The molecule has 6 heteroatoms. The number of benzene rings is 2. The van der Waals surface area contributed by atoms with Gasteiger partial charge in [0, 0.05) is 17.3 Å². The molecule has 0 aliphatic carbocycles. The molecule has 2 aromatic rings. The number of anilines is 1. The fraction of sp³-hybridized carbons (Fsp3) is 0.167. The van der Waals surface area contributed by atoms with Gasteiger partial charge in [-0.15, -0.1) is 0 Å². The van der Waals surface area contributed by atoms with Crippen LogP contribution >= 0.6 is 0 Å². The van der Waals surface area contributed by atoms with Crippen LogP contribution in [0, 0.1) is 0 Å². The molecule has 1 atom stereocenters. The Bertz CT molecular complexity index is 712. The van der Waals surface area contributed by atoms with Crippen LogP contribution in [0.15, 0.2) is 54.6 Å². The molecule has 0 fully saturated rings. The third kappa shape index (κ3) is 5.17. The van der Waals surface area contributed by atoms with Gasteiger partial charge in [-0.25, -0.2) is 0 Å². The van der Waals surface area contributed by atoms with E-state index in [1.54, 1.807) is 49.4 Å². The van der Waals surface area contributed by atoms with Crippen LogP contribution in [0.2, 0.25) is 0 Å². The fourth-order valence-corrected chi connectivity index (χ4v) is 2.08. The number of carbonyl (C=O) groups excluding carboxylic acids is 1. The van der Waals surface area contributed by atoms with E-state index in [4.69, 9.17) is 0 Å². The normalized spacial score (nSPS) is 12.4. The minimum absolute atomic E-state index is 0.0532. The summed E-state index contributed by atoms with van der Waals surface area (Å²) in [5.41, 5.74) is 1.81. The number of aliphatic hydroxyl groups excluding tert-OH is 1. The molecule has 126 valence electrons. The minimum atomic E-state index is -2.87. The average Bonchev–Trinajstić information content (AvgIpc) is 2.54. The second-order valence-electron chi connectivity index (χ2n) is 5.03. The predicted octanol–water partition coefficient (Wildman–Crippen LogP) is 3.99. The van der Waals surface area contributed by atoms with E-state index in [9.17, 15) is 18.7 Å². The van der Waals surface area contributed by atoms with Gasteiger partial charge in [0.2, 0.25) is 5.91 Å². The number of para-hydroxylation sites is 1. The van der Waals surface area contributed by atoms with Crippen molar-refractivity contribution in [3.05, 3.63) is 65.7 Å². The highest BCUT2D eigenvalue weighted by molar-refractivity contribution is 6.02. The number of aliphatic hydroxyl groups is 1. The third-order valence-corrected chi connectivity index (χ3v) is 3.20. The number of nitrogens with one attached hydrogen (secondary N) is 1. The van der Waals surface area contributed by atoms with Crippen molar-refractivity contribution in [2.45, 2.75) is 19.6 Å². The number of ether oxygens (including phenoxy) is 1. The Balaban J connectivity index is 2.01. The molecule has 0 aliphatic rings. The van der Waals surface area contributed by atoms with E-state index in [1.807, 2.05) is 0 Å². The number of rotatable bonds is 6. The van der Waals surface area contributed by atoms with Crippen molar-refractivity contribution in [2.24, 2.45) is 0 Å². The van der Waals surface area contributed by atoms with Crippen molar-refractivity contribution in [3.63, 3.8) is 0 Å². The first-order valence-corrected chi connectivity index (χ1v) is 7.26. The van der Waals surface area contributed by atoms with E-state index < -0.39 is 12.7 Å². The lowest BCUT2D eigenvalue weighted by atomic mass is 10.1. The topological polar surface area (TPSA) is 58.6 Å². The standard InChI is InChI=1S/C18H17F2NO3/c1-12(22)15-4-2-3-5-16(15)21-17(23)11-8-13-6-9-14(10-7-13)24-18(19)20/h2-12,18,22H,1H3,(H,21,23)/b11-8+. The van der Waals surface area contributed by atoms with E-state index >= 15 is 0 Å². The molecule has 0 heterocycles. The largest absolute Gasteiger partial charge is 0.435 e. The van der Waals surface area contributed by atoms with Crippen LogP contribution in [-0.4, -0.2) is 17.6 Å². The van der Waals surface area contributed by atoms with E-state index in [0.29, 0.717) is 16.8 Å². The molecule has 0 spiro atoms. The van der Waals surface area contributed by atoms with Gasteiger partial charge in [0.15, 0.2) is 0 Å². The average molecular weight is 333 g/mol. The van der Waals surface area contributed by atoms with Crippen molar-refractivity contribution in [3.8, 4) is 5.75 Å². The number of amides is 1. The van der Waals surface area contributed by atoms with Gasteiger partial charge in [0.05, 0.1) is 6.10 Å². The molecule has 0 saturated carbocycles. The smallest absolute Gasteiger partial charge is 0.387 e. The third-order valence-electron chi connectivity index (χ3n) is 3.20. The van der Waals surface area contributed by atoms with Gasteiger partial charge in [-0.1, -0.05) is 30.3 Å². The monoisotopic (exact) mass is 333 g/mol. The van der Waals surface area contributed by atoms with Gasteiger partial charge < -0.3 is 15.2 Å². The maximum atomic E-state index is 12.1. The molecule has 0 bridgehead atoms. The first-order chi connectivity index (χ1) is 11.5. The van der Waals surface area contributed by atoms with Gasteiger partial charge in [-0.3, -0.25) is 4.79 Å². The van der Waals surface area contributed by atoms with Gasteiger partial charge in [-0.05, 0) is 36.8 Å². The molecule has 4 nitrogen and oxygen atoms in total. The number of hydrogen-bond acceptors (Lipinski definition) is 3. The Morgan fingerprint density at radius 3 is 2.46 bits per heavy atom. The molecule has 1 amide bonds. The molecule has 2 rings (SSSR count). The fourth-order valence-electron chi connectivity index (χ4n) is 2.08. The van der Waals surface area contributed by atoms with Crippen molar-refractivity contribution in [2.75, 3.05) is 5.32 Å². The van der Waals surface area contributed by atoms with Crippen molar-refractivity contribution in [1.82, 2.24) is 0 Å². The molecule has 0 aromatic heterocycles. The van der Waals surface area contributed by atoms with Crippen LogP contribution < -0.4 is 10.1 Å². The maximum Gasteiger partial charge on any atom is 0.387 e. The highest BCUT2D eigenvalue weighted by Crippen LogP contribution is 2.22. The summed E-state index contributed by atoms with van der Waals surface area (Å²) in [4.78, 5) is 12.0. The number of alkyl halides is 2. The molecule has 0 radical (unpaired) electrons. The van der Waals surface area contributed by atoms with E-state index in [1.165, 1.54) is 18.2 Å². The number of carbonyl (C=O) groups is 1. The van der Waals surface area contributed by atoms with Crippen molar-refractivity contribution in [1.29, 1.82) is 0 Å². The highest BCUT2D eigenvalue weighted by Gasteiger charge is 2.08. The van der Waals surface area contributed by atoms with Crippen LogP contribution in [-0.2, 0) is 4.79 Å². The second kappa shape index (κ2) is 8.21. The summed E-state index contributed by atoms with van der Waals surface area (Å²) >= 11 is 0. The summed E-state index contributed by atoms with van der Waals surface area (Å²) in [5.74, 6) is -0.312. The van der Waals surface area contributed by atoms with E-state index in [0.717, 1.165) is 0 Å². The zero-order valence-electron chi connectivity index (χ0n) is 12.9. The second-order valence-corrected chi connectivity index (χ2v) is 5.03. The lowest BCUT2D eigenvalue weighted by Gasteiger charge is -2.11. The van der Waals surface area contributed by atoms with Gasteiger partial charge in [-0.2, -0.15) is 8.78 Å². The summed E-state index contributed by atoms with van der Waals surface area (Å²) in [7, 11) is 0. The zero-order chi connectivity index (χ0) is 17.5. The molecular weight excluding hydrogens is 316 g/mol. The highest BCUT2D eigenvalue weighted by atomic mass is 19.3.